The Morgan fingerprint density at radius 3 is 2.82 bits per heavy atom. The van der Waals surface area contributed by atoms with Crippen LogP contribution in [0.5, 0.6) is 0 Å². The Hall–Kier alpha value is -0.950. The molecule has 22 heavy (non-hydrogen) atoms. The highest BCUT2D eigenvalue weighted by Crippen LogP contribution is 2.30. The Balaban J connectivity index is 1.94. The summed E-state index contributed by atoms with van der Waals surface area (Å²) in [5.74, 6) is -1.09. The van der Waals surface area contributed by atoms with Crippen molar-refractivity contribution in [1.82, 2.24) is 5.32 Å². The number of halogens is 2. The molecule has 1 saturated heterocycles. The molecular formula is C14H15Cl2NO4S. The molecule has 0 spiro atoms. The highest BCUT2D eigenvalue weighted by Gasteiger charge is 2.38. The Morgan fingerprint density at radius 2 is 2.18 bits per heavy atom. The molecule has 8 heteroatoms. The van der Waals surface area contributed by atoms with E-state index in [2.05, 4.69) is 5.32 Å². The second-order valence-corrected chi connectivity index (χ2v) is 6.93. The number of nitrogens with one attached hydrogen (secondary N) is 1. The van der Waals surface area contributed by atoms with E-state index in [4.69, 9.17) is 33.0 Å². The topological polar surface area (TPSA) is 75.6 Å². The zero-order valence-corrected chi connectivity index (χ0v) is 13.9. The highest BCUT2D eigenvalue weighted by molar-refractivity contribution is 8.00. The summed E-state index contributed by atoms with van der Waals surface area (Å²) in [7, 11) is 0. The number of ether oxygens (including phenoxy) is 1. The van der Waals surface area contributed by atoms with Crippen molar-refractivity contribution >= 4 is 46.8 Å². The Morgan fingerprint density at radius 1 is 1.41 bits per heavy atom. The molecule has 1 unspecified atom stereocenters. The van der Waals surface area contributed by atoms with Crippen molar-refractivity contribution in [2.75, 3.05) is 19.0 Å². The molecule has 0 aromatic heterocycles. The summed E-state index contributed by atoms with van der Waals surface area (Å²) in [5, 5.41) is 12.8. The number of rotatable bonds is 6. The lowest BCUT2D eigenvalue weighted by Crippen LogP contribution is -2.51. The number of thioether (sulfide) groups is 1. The third-order valence-corrected chi connectivity index (χ3v) is 4.98. The quantitative estimate of drug-likeness (QED) is 0.760. The van der Waals surface area contributed by atoms with Crippen LogP contribution in [0.25, 0.3) is 0 Å². The van der Waals surface area contributed by atoms with Crippen LogP contribution in [-0.2, 0) is 14.3 Å². The van der Waals surface area contributed by atoms with Gasteiger partial charge in [0.2, 0.25) is 5.91 Å². The first-order valence-electron chi connectivity index (χ1n) is 6.59. The van der Waals surface area contributed by atoms with E-state index in [0.717, 1.165) is 0 Å². The van der Waals surface area contributed by atoms with Gasteiger partial charge in [-0.2, -0.15) is 0 Å². The molecule has 2 N–H and O–H groups in total. The molecule has 1 aliphatic rings. The number of carboxylic acid groups (broad SMARTS) is 1. The molecule has 1 aromatic rings. The van der Waals surface area contributed by atoms with Crippen molar-refractivity contribution in [2.45, 2.75) is 23.3 Å². The van der Waals surface area contributed by atoms with Crippen LogP contribution in [0.15, 0.2) is 23.1 Å². The summed E-state index contributed by atoms with van der Waals surface area (Å²) < 4.78 is 5.24. The van der Waals surface area contributed by atoms with E-state index < -0.39 is 11.5 Å². The van der Waals surface area contributed by atoms with Crippen LogP contribution in [-0.4, -0.2) is 41.5 Å². The van der Waals surface area contributed by atoms with Crippen molar-refractivity contribution in [2.24, 2.45) is 0 Å². The molecule has 0 radical (unpaired) electrons. The molecule has 0 saturated carbocycles. The van der Waals surface area contributed by atoms with Crippen LogP contribution in [0.2, 0.25) is 10.0 Å². The normalized spacial score (nSPS) is 20.8. The highest BCUT2D eigenvalue weighted by atomic mass is 35.5. The number of hydrogen-bond donors (Lipinski definition) is 2. The molecule has 1 aliphatic heterocycles. The number of amides is 1. The van der Waals surface area contributed by atoms with Gasteiger partial charge in [0.15, 0.2) is 0 Å². The fourth-order valence-electron chi connectivity index (χ4n) is 2.24. The zero-order valence-electron chi connectivity index (χ0n) is 11.6. The van der Waals surface area contributed by atoms with Gasteiger partial charge in [0, 0.05) is 16.5 Å². The number of carboxylic acids is 1. The Bertz CT molecular complexity index is 576. The van der Waals surface area contributed by atoms with E-state index in [-0.39, 0.29) is 24.7 Å². The number of hydrogen-bond acceptors (Lipinski definition) is 4. The van der Waals surface area contributed by atoms with Crippen LogP contribution >= 0.6 is 35.0 Å². The minimum atomic E-state index is -0.962. The van der Waals surface area contributed by atoms with E-state index in [1.54, 1.807) is 18.2 Å². The Labute approximate surface area is 142 Å². The van der Waals surface area contributed by atoms with Crippen molar-refractivity contribution < 1.29 is 19.4 Å². The maximum atomic E-state index is 12.1. The van der Waals surface area contributed by atoms with E-state index >= 15 is 0 Å². The van der Waals surface area contributed by atoms with Crippen LogP contribution < -0.4 is 5.32 Å². The smallest absolute Gasteiger partial charge is 0.305 e. The van der Waals surface area contributed by atoms with Crippen LogP contribution in [0.3, 0.4) is 0 Å². The maximum absolute atomic E-state index is 12.1. The molecule has 1 aromatic carbocycles. The fraction of sp³-hybridized carbons (Fsp3) is 0.429. The fourth-order valence-corrected chi connectivity index (χ4v) is 3.53. The second kappa shape index (κ2) is 7.55. The molecule has 1 amide bonds. The first kappa shape index (κ1) is 17.4. The third-order valence-electron chi connectivity index (χ3n) is 3.25. The van der Waals surface area contributed by atoms with Crippen molar-refractivity contribution in [1.29, 1.82) is 0 Å². The SMILES string of the molecule is O=C(O)CC1(NC(=O)CSc2cc(Cl)ccc2Cl)CCOC1. The molecule has 0 bridgehead atoms. The standard InChI is InChI=1S/C14H15Cl2NO4S/c15-9-1-2-10(16)11(5-9)22-7-12(18)17-14(6-13(19)20)3-4-21-8-14/h1-2,5H,3-4,6-8H2,(H,17,18)(H,19,20). The second-order valence-electron chi connectivity index (χ2n) is 5.07. The molecule has 1 atom stereocenters. The van der Waals surface area contributed by atoms with Gasteiger partial charge < -0.3 is 15.2 Å². The zero-order chi connectivity index (χ0) is 16.2. The summed E-state index contributed by atoms with van der Waals surface area (Å²) in [6.45, 7) is 0.661. The first-order chi connectivity index (χ1) is 10.4. The molecule has 1 fully saturated rings. The number of carbonyl (C=O) groups excluding carboxylic acids is 1. The average Bonchev–Trinajstić information content (AvgIpc) is 2.87. The van der Waals surface area contributed by atoms with Gasteiger partial charge >= 0.3 is 5.97 Å². The summed E-state index contributed by atoms with van der Waals surface area (Å²) in [6, 6.07) is 5.03. The predicted octanol–water partition coefficient (Wildman–Crippen LogP) is 2.84. The van der Waals surface area contributed by atoms with Gasteiger partial charge in [0.25, 0.3) is 0 Å². The van der Waals surface area contributed by atoms with Gasteiger partial charge in [-0.1, -0.05) is 23.2 Å². The van der Waals surface area contributed by atoms with Gasteiger partial charge in [-0.15, -0.1) is 11.8 Å². The van der Waals surface area contributed by atoms with Crippen molar-refractivity contribution in [3.8, 4) is 0 Å². The number of benzene rings is 1. The lowest BCUT2D eigenvalue weighted by molar-refractivity contribution is -0.139. The number of carbonyl (C=O) groups is 2. The Kier molecular flexibility index (Phi) is 5.97. The minimum absolute atomic E-state index is 0.126. The van der Waals surface area contributed by atoms with E-state index in [9.17, 15) is 9.59 Å². The summed E-state index contributed by atoms with van der Waals surface area (Å²) in [6.07, 6.45) is 0.342. The van der Waals surface area contributed by atoms with E-state index in [0.29, 0.717) is 28.0 Å². The van der Waals surface area contributed by atoms with Gasteiger partial charge in [-0.05, 0) is 24.6 Å². The molecule has 2 rings (SSSR count). The maximum Gasteiger partial charge on any atom is 0.305 e. The van der Waals surface area contributed by atoms with Gasteiger partial charge in [0.05, 0.1) is 29.3 Å². The molecule has 1 heterocycles. The van der Waals surface area contributed by atoms with Gasteiger partial charge in [-0.3, -0.25) is 9.59 Å². The summed E-state index contributed by atoms with van der Waals surface area (Å²) in [4.78, 5) is 23.8. The minimum Gasteiger partial charge on any atom is -0.481 e. The molecule has 5 nitrogen and oxygen atoms in total. The lowest BCUT2D eigenvalue weighted by Gasteiger charge is -2.26. The average molecular weight is 364 g/mol. The van der Waals surface area contributed by atoms with Crippen molar-refractivity contribution in [3.05, 3.63) is 28.2 Å². The van der Waals surface area contributed by atoms with Crippen LogP contribution in [0.1, 0.15) is 12.8 Å². The van der Waals surface area contributed by atoms with E-state index in [1.165, 1.54) is 11.8 Å². The van der Waals surface area contributed by atoms with Gasteiger partial charge in [-0.25, -0.2) is 0 Å². The number of aliphatic carboxylic acids is 1. The van der Waals surface area contributed by atoms with Crippen molar-refractivity contribution in [3.63, 3.8) is 0 Å². The first-order valence-corrected chi connectivity index (χ1v) is 8.33. The van der Waals surface area contributed by atoms with Crippen LogP contribution in [0.4, 0.5) is 0 Å². The summed E-state index contributed by atoms with van der Waals surface area (Å²) >= 11 is 13.2. The predicted molar refractivity (Wildman–Crippen MR) is 85.7 cm³/mol. The van der Waals surface area contributed by atoms with Gasteiger partial charge in [0.1, 0.15) is 0 Å². The third kappa shape index (κ3) is 4.78. The largest absolute Gasteiger partial charge is 0.481 e. The molecular weight excluding hydrogens is 349 g/mol. The summed E-state index contributed by atoms with van der Waals surface area (Å²) in [5.41, 5.74) is -0.818. The van der Waals surface area contributed by atoms with Crippen LogP contribution in [0, 0.1) is 0 Å². The van der Waals surface area contributed by atoms with E-state index in [1.807, 2.05) is 0 Å². The monoisotopic (exact) mass is 363 g/mol. The molecule has 0 aliphatic carbocycles. The lowest BCUT2D eigenvalue weighted by atomic mass is 9.94. The molecule has 120 valence electrons.